The summed E-state index contributed by atoms with van der Waals surface area (Å²) in [5.41, 5.74) is 1.89. The molecule has 0 radical (unpaired) electrons. The van der Waals surface area contributed by atoms with Crippen molar-refractivity contribution in [1.82, 2.24) is 0 Å². The Morgan fingerprint density at radius 2 is 1.89 bits per heavy atom. The van der Waals surface area contributed by atoms with Crippen molar-refractivity contribution in [1.29, 1.82) is 0 Å². The predicted octanol–water partition coefficient (Wildman–Crippen LogP) is 3.33. The van der Waals surface area contributed by atoms with Gasteiger partial charge in [-0.2, -0.15) is 0 Å². The average molecular weight is 276 g/mol. The molecule has 0 aliphatic carbocycles. The number of thiophene rings is 1. The molecule has 2 rings (SSSR count). The number of benzene rings is 1. The van der Waals surface area contributed by atoms with Gasteiger partial charge >= 0.3 is 5.97 Å². The third kappa shape index (κ3) is 3.58. The summed E-state index contributed by atoms with van der Waals surface area (Å²) < 4.78 is 9.82. The summed E-state index contributed by atoms with van der Waals surface area (Å²) in [5.74, 6) is 0.597. The van der Waals surface area contributed by atoms with Crippen LogP contribution < -0.4 is 4.74 Å². The third-order valence-corrected chi connectivity index (χ3v) is 3.89. The number of carbonyl (C=O) groups is 1. The predicted molar refractivity (Wildman–Crippen MR) is 76.1 cm³/mol. The molecule has 19 heavy (non-hydrogen) atoms. The molecule has 0 aliphatic rings. The molecule has 1 aromatic heterocycles. The van der Waals surface area contributed by atoms with Gasteiger partial charge in [0.2, 0.25) is 0 Å². The van der Waals surface area contributed by atoms with Gasteiger partial charge < -0.3 is 9.47 Å². The third-order valence-electron chi connectivity index (χ3n) is 2.89. The van der Waals surface area contributed by atoms with E-state index in [2.05, 4.69) is 12.1 Å². The van der Waals surface area contributed by atoms with E-state index in [-0.39, 0.29) is 5.97 Å². The molecule has 0 bridgehead atoms. The summed E-state index contributed by atoms with van der Waals surface area (Å²) in [5, 5.41) is 1.84. The van der Waals surface area contributed by atoms with E-state index in [1.165, 1.54) is 17.6 Å². The maximum atomic E-state index is 11.3. The molecule has 4 heteroatoms. The zero-order valence-corrected chi connectivity index (χ0v) is 11.8. The Morgan fingerprint density at radius 1 is 1.16 bits per heavy atom. The monoisotopic (exact) mass is 276 g/mol. The molecule has 0 amide bonds. The molecule has 1 heterocycles. The van der Waals surface area contributed by atoms with Gasteiger partial charge in [-0.1, -0.05) is 12.1 Å². The zero-order valence-electron chi connectivity index (χ0n) is 11.0. The quantitative estimate of drug-likeness (QED) is 0.786. The summed E-state index contributed by atoms with van der Waals surface area (Å²) in [6.45, 7) is 0. The van der Waals surface area contributed by atoms with Crippen molar-refractivity contribution in [2.24, 2.45) is 0 Å². The van der Waals surface area contributed by atoms with Crippen LogP contribution in [0.25, 0.3) is 0 Å². The van der Waals surface area contributed by atoms with Crippen LogP contribution in [0, 0.1) is 0 Å². The van der Waals surface area contributed by atoms with Crippen molar-refractivity contribution in [3.8, 4) is 5.75 Å². The highest BCUT2D eigenvalue weighted by Gasteiger charge is 2.08. The first-order chi connectivity index (χ1) is 9.22. The van der Waals surface area contributed by atoms with Gasteiger partial charge in [0.05, 0.1) is 19.8 Å². The molecule has 1 aromatic carbocycles. The zero-order chi connectivity index (χ0) is 13.7. The van der Waals surface area contributed by atoms with E-state index >= 15 is 0 Å². The van der Waals surface area contributed by atoms with Crippen LogP contribution in [0.4, 0.5) is 0 Å². The molecule has 0 saturated heterocycles. The Morgan fingerprint density at radius 3 is 2.53 bits per heavy atom. The minimum Gasteiger partial charge on any atom is -0.497 e. The highest BCUT2D eigenvalue weighted by Crippen LogP contribution is 2.19. The second-order valence-corrected chi connectivity index (χ2v) is 5.14. The van der Waals surface area contributed by atoms with Gasteiger partial charge in [0.25, 0.3) is 0 Å². The number of ether oxygens (including phenoxy) is 2. The van der Waals surface area contributed by atoms with Crippen molar-refractivity contribution >= 4 is 17.3 Å². The fraction of sp³-hybridized carbons (Fsp3) is 0.267. The van der Waals surface area contributed by atoms with Crippen molar-refractivity contribution in [2.75, 3.05) is 14.2 Å². The Kier molecular flexibility index (Phi) is 4.58. The molecule has 0 saturated carbocycles. The number of aryl methyl sites for hydroxylation is 2. The van der Waals surface area contributed by atoms with Gasteiger partial charge in [0, 0.05) is 10.3 Å². The van der Waals surface area contributed by atoms with E-state index in [0.29, 0.717) is 5.56 Å². The molecule has 0 atom stereocenters. The van der Waals surface area contributed by atoms with Crippen molar-refractivity contribution in [3.63, 3.8) is 0 Å². The maximum absolute atomic E-state index is 11.3. The molecule has 100 valence electrons. The van der Waals surface area contributed by atoms with Crippen LogP contribution >= 0.6 is 11.3 Å². The molecule has 0 unspecified atom stereocenters. The molecular formula is C15H16O3S. The van der Waals surface area contributed by atoms with Gasteiger partial charge in [-0.15, -0.1) is 11.3 Å². The molecule has 0 spiro atoms. The normalized spacial score (nSPS) is 10.2. The lowest BCUT2D eigenvalue weighted by Crippen LogP contribution is -1.98. The first-order valence-electron chi connectivity index (χ1n) is 6.01. The SMILES string of the molecule is COC(=O)c1csc(CCc2ccc(OC)cc2)c1. The lowest BCUT2D eigenvalue weighted by Gasteiger charge is -2.02. The molecule has 2 aromatic rings. The fourth-order valence-corrected chi connectivity index (χ4v) is 2.65. The number of hydrogen-bond acceptors (Lipinski definition) is 4. The topological polar surface area (TPSA) is 35.5 Å². The minimum absolute atomic E-state index is 0.271. The van der Waals surface area contributed by atoms with Gasteiger partial charge in [-0.05, 0) is 36.6 Å². The second-order valence-electron chi connectivity index (χ2n) is 4.14. The van der Waals surface area contributed by atoms with Gasteiger partial charge in [-0.25, -0.2) is 4.79 Å². The van der Waals surface area contributed by atoms with E-state index in [9.17, 15) is 4.79 Å². The van der Waals surface area contributed by atoms with E-state index < -0.39 is 0 Å². The summed E-state index contributed by atoms with van der Waals surface area (Å²) in [4.78, 5) is 12.5. The summed E-state index contributed by atoms with van der Waals surface area (Å²) >= 11 is 1.59. The second kappa shape index (κ2) is 6.38. The number of methoxy groups -OCH3 is 2. The Hall–Kier alpha value is -1.81. The van der Waals surface area contributed by atoms with Crippen molar-refractivity contribution in [2.45, 2.75) is 12.8 Å². The summed E-state index contributed by atoms with van der Waals surface area (Å²) in [6.07, 6.45) is 1.87. The highest BCUT2D eigenvalue weighted by atomic mass is 32.1. The van der Waals surface area contributed by atoms with Crippen LogP contribution in [-0.2, 0) is 17.6 Å². The lowest BCUT2D eigenvalue weighted by molar-refractivity contribution is 0.0601. The first-order valence-corrected chi connectivity index (χ1v) is 6.89. The van der Waals surface area contributed by atoms with E-state index in [1.54, 1.807) is 18.4 Å². The minimum atomic E-state index is -0.271. The maximum Gasteiger partial charge on any atom is 0.338 e. The summed E-state index contributed by atoms with van der Waals surface area (Å²) in [7, 11) is 3.06. The highest BCUT2D eigenvalue weighted by molar-refractivity contribution is 7.10. The molecule has 0 fully saturated rings. The number of hydrogen-bond donors (Lipinski definition) is 0. The summed E-state index contributed by atoms with van der Waals surface area (Å²) in [6, 6.07) is 9.95. The van der Waals surface area contributed by atoms with Crippen LogP contribution in [0.1, 0.15) is 20.8 Å². The van der Waals surface area contributed by atoms with Crippen LogP contribution in [0.2, 0.25) is 0 Å². The largest absolute Gasteiger partial charge is 0.497 e. The Balaban J connectivity index is 1.94. The molecular weight excluding hydrogens is 260 g/mol. The first kappa shape index (κ1) is 13.6. The Labute approximate surface area is 116 Å². The average Bonchev–Trinajstić information content (AvgIpc) is 2.93. The lowest BCUT2D eigenvalue weighted by atomic mass is 10.1. The van der Waals surface area contributed by atoms with Crippen LogP contribution in [-0.4, -0.2) is 20.2 Å². The molecule has 0 aliphatic heterocycles. The van der Waals surface area contributed by atoms with Crippen LogP contribution in [0.15, 0.2) is 35.7 Å². The van der Waals surface area contributed by atoms with Gasteiger partial charge in [0.1, 0.15) is 5.75 Å². The van der Waals surface area contributed by atoms with Gasteiger partial charge in [-0.3, -0.25) is 0 Å². The van der Waals surface area contributed by atoms with Crippen molar-refractivity contribution in [3.05, 3.63) is 51.7 Å². The number of carbonyl (C=O) groups excluding carboxylic acids is 1. The number of esters is 1. The Bertz CT molecular complexity index is 543. The van der Waals surface area contributed by atoms with Crippen LogP contribution in [0.3, 0.4) is 0 Å². The van der Waals surface area contributed by atoms with E-state index in [1.807, 2.05) is 23.6 Å². The fourth-order valence-electron chi connectivity index (χ4n) is 1.80. The van der Waals surface area contributed by atoms with E-state index in [0.717, 1.165) is 18.6 Å². The van der Waals surface area contributed by atoms with E-state index in [4.69, 9.17) is 9.47 Å². The van der Waals surface area contributed by atoms with Gasteiger partial charge in [0.15, 0.2) is 0 Å². The number of rotatable bonds is 5. The molecule has 0 N–H and O–H groups in total. The molecule has 3 nitrogen and oxygen atoms in total. The standard InChI is InChI=1S/C15H16O3S/c1-17-13-6-3-11(4-7-13)5-8-14-9-12(10-19-14)15(16)18-2/h3-4,6-7,9-10H,5,8H2,1-2H3. The smallest absolute Gasteiger partial charge is 0.338 e. The van der Waals surface area contributed by atoms with Crippen molar-refractivity contribution < 1.29 is 14.3 Å². The van der Waals surface area contributed by atoms with Crippen LogP contribution in [0.5, 0.6) is 5.75 Å².